The summed E-state index contributed by atoms with van der Waals surface area (Å²) < 4.78 is 10.9. The monoisotopic (exact) mass is 329 g/mol. The summed E-state index contributed by atoms with van der Waals surface area (Å²) in [7, 11) is 0. The van der Waals surface area contributed by atoms with Gasteiger partial charge in [0.05, 0.1) is 19.2 Å². The van der Waals surface area contributed by atoms with Crippen LogP contribution in [-0.4, -0.2) is 34.4 Å². The first-order valence-corrected chi connectivity index (χ1v) is 8.76. The largest absolute Gasteiger partial charge is 0.379 e. The quantitative estimate of drug-likeness (QED) is 0.872. The van der Waals surface area contributed by atoms with E-state index < -0.39 is 0 Å². The van der Waals surface area contributed by atoms with Crippen molar-refractivity contribution < 1.29 is 9.26 Å². The molecule has 0 radical (unpaired) electrons. The molecule has 0 aromatic carbocycles. The van der Waals surface area contributed by atoms with E-state index >= 15 is 0 Å². The van der Waals surface area contributed by atoms with Crippen molar-refractivity contribution in [2.24, 2.45) is 0 Å². The van der Waals surface area contributed by atoms with Gasteiger partial charge in [-0.3, -0.25) is 0 Å². The molecule has 2 aromatic rings. The highest BCUT2D eigenvalue weighted by Crippen LogP contribution is 2.24. The summed E-state index contributed by atoms with van der Waals surface area (Å²) >= 11 is 0. The second kappa shape index (κ2) is 7.17. The average Bonchev–Trinajstić information content (AvgIpc) is 3.04. The third kappa shape index (κ3) is 3.51. The molecule has 0 amide bonds. The van der Waals surface area contributed by atoms with Gasteiger partial charge >= 0.3 is 0 Å². The number of fused-ring (bicyclic) bond motifs is 1. The molecule has 1 atom stereocenters. The summed E-state index contributed by atoms with van der Waals surface area (Å²) in [4.78, 5) is 8.82. The van der Waals surface area contributed by atoms with Crippen molar-refractivity contribution in [2.75, 3.05) is 23.8 Å². The summed E-state index contributed by atoms with van der Waals surface area (Å²) in [5.74, 6) is 2.47. The summed E-state index contributed by atoms with van der Waals surface area (Å²) in [5.41, 5.74) is 2.25. The van der Waals surface area contributed by atoms with Gasteiger partial charge in [0.15, 0.2) is 0 Å². The van der Waals surface area contributed by atoms with Crippen molar-refractivity contribution in [3.63, 3.8) is 0 Å². The molecule has 7 heteroatoms. The Labute approximate surface area is 141 Å². The van der Waals surface area contributed by atoms with Gasteiger partial charge in [0.2, 0.25) is 5.95 Å². The van der Waals surface area contributed by atoms with Crippen LogP contribution in [0.5, 0.6) is 0 Å². The van der Waals surface area contributed by atoms with Crippen LogP contribution in [0.2, 0.25) is 0 Å². The average molecular weight is 329 g/mol. The number of nitrogens with one attached hydrogen (secondary N) is 2. The van der Waals surface area contributed by atoms with Gasteiger partial charge in [0, 0.05) is 24.8 Å². The van der Waals surface area contributed by atoms with Crippen molar-refractivity contribution in [3.8, 4) is 0 Å². The van der Waals surface area contributed by atoms with E-state index in [0.717, 1.165) is 56.2 Å². The maximum absolute atomic E-state index is 5.49. The standard InChI is InChI=1S/C17H23N5O2/c1-2-6-15-13(5-1)14(22-24-15)10-19-17-18-8-7-16(21-17)20-12-4-3-9-23-11-12/h7-8,12H,1-6,9-11H2,(H2,18,19,20,21). The molecule has 0 bridgehead atoms. The fraction of sp³-hybridized carbons (Fsp3) is 0.588. The maximum Gasteiger partial charge on any atom is 0.224 e. The second-order valence-corrected chi connectivity index (χ2v) is 6.42. The molecular formula is C17H23N5O2. The number of hydrogen-bond acceptors (Lipinski definition) is 7. The van der Waals surface area contributed by atoms with Crippen molar-refractivity contribution in [2.45, 2.75) is 51.1 Å². The van der Waals surface area contributed by atoms with Crippen LogP contribution < -0.4 is 10.6 Å². The molecule has 2 N–H and O–H groups in total. The molecule has 0 saturated carbocycles. The van der Waals surface area contributed by atoms with Crippen LogP contribution in [0.1, 0.15) is 42.7 Å². The molecule has 1 aliphatic carbocycles. The normalized spacial score (nSPS) is 20.4. The molecule has 1 unspecified atom stereocenters. The molecule has 2 aromatic heterocycles. The number of aryl methyl sites for hydroxylation is 1. The molecule has 24 heavy (non-hydrogen) atoms. The van der Waals surface area contributed by atoms with Gasteiger partial charge in [-0.25, -0.2) is 4.98 Å². The van der Waals surface area contributed by atoms with E-state index in [-0.39, 0.29) is 0 Å². The predicted octanol–water partition coefficient (Wildman–Crippen LogP) is 2.55. The van der Waals surface area contributed by atoms with Crippen LogP contribution in [0.25, 0.3) is 0 Å². The Balaban J connectivity index is 1.38. The predicted molar refractivity (Wildman–Crippen MR) is 90.0 cm³/mol. The molecule has 7 nitrogen and oxygen atoms in total. The minimum absolute atomic E-state index is 0.323. The minimum atomic E-state index is 0.323. The van der Waals surface area contributed by atoms with Crippen molar-refractivity contribution in [3.05, 3.63) is 29.3 Å². The first-order chi connectivity index (χ1) is 11.9. The SMILES string of the molecule is c1cc(NC2CCCOC2)nc(NCc2noc3c2CCCC3)n1. The summed E-state index contributed by atoms with van der Waals surface area (Å²) in [5, 5.41) is 10.9. The van der Waals surface area contributed by atoms with Gasteiger partial charge in [-0.05, 0) is 38.2 Å². The molecule has 1 saturated heterocycles. The number of rotatable bonds is 5. The molecule has 2 aliphatic rings. The van der Waals surface area contributed by atoms with Crippen LogP contribution in [0.4, 0.5) is 11.8 Å². The molecule has 1 fully saturated rings. The fourth-order valence-corrected chi connectivity index (χ4v) is 3.34. The molecular weight excluding hydrogens is 306 g/mol. The third-order valence-corrected chi connectivity index (χ3v) is 4.61. The third-order valence-electron chi connectivity index (χ3n) is 4.61. The lowest BCUT2D eigenvalue weighted by atomic mass is 9.96. The first-order valence-electron chi connectivity index (χ1n) is 8.76. The van der Waals surface area contributed by atoms with Gasteiger partial charge in [0.1, 0.15) is 17.3 Å². The van der Waals surface area contributed by atoms with E-state index in [4.69, 9.17) is 9.26 Å². The molecule has 1 aliphatic heterocycles. The van der Waals surface area contributed by atoms with Gasteiger partial charge in [0.25, 0.3) is 0 Å². The lowest BCUT2D eigenvalue weighted by Gasteiger charge is -2.23. The van der Waals surface area contributed by atoms with E-state index in [0.29, 0.717) is 18.5 Å². The second-order valence-electron chi connectivity index (χ2n) is 6.42. The summed E-state index contributed by atoms with van der Waals surface area (Å²) in [6.45, 7) is 2.18. The number of aromatic nitrogens is 3. The van der Waals surface area contributed by atoms with Crippen LogP contribution in [-0.2, 0) is 24.1 Å². The maximum atomic E-state index is 5.49. The highest BCUT2D eigenvalue weighted by atomic mass is 16.5. The van der Waals surface area contributed by atoms with Crippen LogP contribution in [0.15, 0.2) is 16.8 Å². The van der Waals surface area contributed by atoms with E-state index in [1.54, 1.807) is 6.20 Å². The van der Waals surface area contributed by atoms with Crippen molar-refractivity contribution in [1.29, 1.82) is 0 Å². The zero-order chi connectivity index (χ0) is 16.2. The van der Waals surface area contributed by atoms with Crippen molar-refractivity contribution in [1.82, 2.24) is 15.1 Å². The molecule has 4 rings (SSSR count). The Kier molecular flexibility index (Phi) is 4.60. The highest BCUT2D eigenvalue weighted by Gasteiger charge is 2.19. The number of anilines is 2. The van der Waals surface area contributed by atoms with E-state index in [9.17, 15) is 0 Å². The Hall–Kier alpha value is -2.15. The van der Waals surface area contributed by atoms with Gasteiger partial charge < -0.3 is 19.9 Å². The van der Waals surface area contributed by atoms with Gasteiger partial charge in [-0.1, -0.05) is 5.16 Å². The van der Waals surface area contributed by atoms with E-state index in [1.807, 2.05) is 6.07 Å². The molecule has 0 spiro atoms. The Morgan fingerprint density at radius 1 is 1.21 bits per heavy atom. The molecule has 3 heterocycles. The highest BCUT2D eigenvalue weighted by molar-refractivity contribution is 5.41. The summed E-state index contributed by atoms with van der Waals surface area (Å²) in [6, 6.07) is 2.21. The number of ether oxygens (including phenoxy) is 1. The molecule has 128 valence electrons. The minimum Gasteiger partial charge on any atom is -0.379 e. The van der Waals surface area contributed by atoms with Crippen LogP contribution >= 0.6 is 0 Å². The van der Waals surface area contributed by atoms with Crippen molar-refractivity contribution >= 4 is 11.8 Å². The van der Waals surface area contributed by atoms with Crippen LogP contribution in [0, 0.1) is 0 Å². The van der Waals surface area contributed by atoms with Gasteiger partial charge in [-0.2, -0.15) is 4.98 Å². The lowest BCUT2D eigenvalue weighted by Crippen LogP contribution is -2.30. The van der Waals surface area contributed by atoms with E-state index in [2.05, 4.69) is 25.8 Å². The Morgan fingerprint density at radius 2 is 2.17 bits per heavy atom. The van der Waals surface area contributed by atoms with E-state index in [1.165, 1.54) is 18.4 Å². The lowest BCUT2D eigenvalue weighted by molar-refractivity contribution is 0.0875. The van der Waals surface area contributed by atoms with Crippen LogP contribution in [0.3, 0.4) is 0 Å². The zero-order valence-electron chi connectivity index (χ0n) is 13.8. The topological polar surface area (TPSA) is 85.1 Å². The Bertz CT molecular complexity index is 681. The Morgan fingerprint density at radius 3 is 3.08 bits per heavy atom. The zero-order valence-corrected chi connectivity index (χ0v) is 13.8. The van der Waals surface area contributed by atoms with Gasteiger partial charge in [-0.15, -0.1) is 0 Å². The number of hydrogen-bond donors (Lipinski definition) is 2. The summed E-state index contributed by atoms with van der Waals surface area (Å²) in [6.07, 6.45) is 8.42. The fourth-order valence-electron chi connectivity index (χ4n) is 3.34. The number of nitrogens with zero attached hydrogens (tertiary/aromatic N) is 3. The first kappa shape index (κ1) is 15.4. The smallest absolute Gasteiger partial charge is 0.224 e.